The van der Waals surface area contributed by atoms with Crippen LogP contribution in [0.15, 0.2) is 48.7 Å². The number of hydrogen-bond acceptors (Lipinski definition) is 7. The lowest BCUT2D eigenvalue weighted by Crippen LogP contribution is -2.51. The van der Waals surface area contributed by atoms with E-state index in [1.165, 1.54) is 18.0 Å². The highest BCUT2D eigenvalue weighted by Gasteiger charge is 2.21. The number of aryl methyl sites for hydroxylation is 1. The summed E-state index contributed by atoms with van der Waals surface area (Å²) >= 11 is 0. The topological polar surface area (TPSA) is 103 Å². The highest BCUT2D eigenvalue weighted by molar-refractivity contribution is 7.88. The number of nitrogens with zero attached hydrogens (tertiary/aromatic N) is 3. The monoisotopic (exact) mass is 458 g/mol. The molecule has 1 aromatic carbocycles. The summed E-state index contributed by atoms with van der Waals surface area (Å²) < 4.78 is 26.4. The second-order valence-corrected chi connectivity index (χ2v) is 9.82. The lowest BCUT2D eigenvalue weighted by Gasteiger charge is -2.36. The fourth-order valence-electron chi connectivity index (χ4n) is 3.58. The fourth-order valence-corrected chi connectivity index (χ4v) is 4.29. The highest BCUT2D eigenvalue weighted by atomic mass is 32.2. The summed E-state index contributed by atoms with van der Waals surface area (Å²) in [6.45, 7) is 5.08. The molecule has 0 aliphatic carbocycles. The molecule has 0 radical (unpaired) electrons. The van der Waals surface area contributed by atoms with Crippen molar-refractivity contribution in [3.05, 3.63) is 65.4 Å². The van der Waals surface area contributed by atoms with Gasteiger partial charge in [0.15, 0.2) is 5.78 Å². The van der Waals surface area contributed by atoms with E-state index in [4.69, 9.17) is 5.11 Å². The SMILES string of the molecule is Cc1ccc(/C=C/C(CN2CCN(c3ccc(C(=O)CO)cn3)CC2)NS(C)(=O)=O)cc1. The van der Waals surface area contributed by atoms with Gasteiger partial charge in [0.1, 0.15) is 12.4 Å². The summed E-state index contributed by atoms with van der Waals surface area (Å²) in [6.07, 6.45) is 6.50. The zero-order valence-electron chi connectivity index (χ0n) is 18.4. The first-order chi connectivity index (χ1) is 15.2. The quantitative estimate of drug-likeness (QED) is 0.546. The van der Waals surface area contributed by atoms with E-state index in [2.05, 4.69) is 19.5 Å². The van der Waals surface area contributed by atoms with Crippen LogP contribution in [0.25, 0.3) is 6.08 Å². The third kappa shape index (κ3) is 7.23. The van der Waals surface area contributed by atoms with E-state index in [1.807, 2.05) is 43.3 Å². The second kappa shape index (κ2) is 10.8. The van der Waals surface area contributed by atoms with Crippen molar-refractivity contribution in [1.82, 2.24) is 14.6 Å². The molecule has 2 heterocycles. The molecule has 8 nitrogen and oxygen atoms in total. The summed E-state index contributed by atoms with van der Waals surface area (Å²) in [4.78, 5) is 20.2. The van der Waals surface area contributed by atoms with Crippen molar-refractivity contribution in [3.8, 4) is 0 Å². The molecule has 1 unspecified atom stereocenters. The normalized spacial score (nSPS) is 16.4. The molecule has 1 aliphatic heterocycles. The van der Waals surface area contributed by atoms with Crippen molar-refractivity contribution in [2.45, 2.75) is 13.0 Å². The summed E-state index contributed by atoms with van der Waals surface area (Å²) in [5.74, 6) is 0.432. The van der Waals surface area contributed by atoms with Gasteiger partial charge in [0, 0.05) is 44.5 Å². The average Bonchev–Trinajstić information content (AvgIpc) is 2.77. The lowest BCUT2D eigenvalue weighted by molar-refractivity contribution is 0.0903. The minimum absolute atomic E-state index is 0.334. The number of carbonyl (C=O) groups excluding carboxylic acids is 1. The number of carbonyl (C=O) groups is 1. The molecule has 1 atom stereocenters. The van der Waals surface area contributed by atoms with Crippen LogP contribution in [0.4, 0.5) is 5.82 Å². The van der Waals surface area contributed by atoms with Crippen molar-refractivity contribution in [2.75, 3.05) is 50.5 Å². The Labute approximate surface area is 189 Å². The molecule has 1 fully saturated rings. The molecular formula is C23H30N4O4S. The largest absolute Gasteiger partial charge is 0.388 e. The molecule has 1 saturated heterocycles. The Morgan fingerprint density at radius 3 is 2.41 bits per heavy atom. The molecule has 2 N–H and O–H groups in total. The molecular weight excluding hydrogens is 428 g/mol. The van der Waals surface area contributed by atoms with Crippen LogP contribution in [0, 0.1) is 6.92 Å². The van der Waals surface area contributed by atoms with Gasteiger partial charge in [-0.25, -0.2) is 18.1 Å². The number of aromatic nitrogens is 1. The molecule has 172 valence electrons. The van der Waals surface area contributed by atoms with E-state index in [0.29, 0.717) is 12.1 Å². The first-order valence-corrected chi connectivity index (χ1v) is 12.4. The summed E-state index contributed by atoms with van der Waals surface area (Å²) in [6, 6.07) is 11.2. The lowest BCUT2D eigenvalue weighted by atomic mass is 10.1. The number of piperazine rings is 1. The van der Waals surface area contributed by atoms with Gasteiger partial charge in [-0.3, -0.25) is 9.69 Å². The zero-order chi connectivity index (χ0) is 23.1. The van der Waals surface area contributed by atoms with Gasteiger partial charge < -0.3 is 10.0 Å². The molecule has 0 bridgehead atoms. The molecule has 3 rings (SSSR count). The van der Waals surface area contributed by atoms with Crippen LogP contribution in [-0.2, 0) is 10.0 Å². The number of nitrogens with one attached hydrogen (secondary N) is 1. The van der Waals surface area contributed by atoms with Gasteiger partial charge in [0.25, 0.3) is 0 Å². The van der Waals surface area contributed by atoms with Gasteiger partial charge in [-0.1, -0.05) is 42.0 Å². The highest BCUT2D eigenvalue weighted by Crippen LogP contribution is 2.15. The van der Waals surface area contributed by atoms with Crippen LogP contribution in [0.5, 0.6) is 0 Å². The van der Waals surface area contributed by atoms with E-state index in [1.54, 1.807) is 12.1 Å². The van der Waals surface area contributed by atoms with E-state index < -0.39 is 16.6 Å². The van der Waals surface area contributed by atoms with Crippen LogP contribution in [0.1, 0.15) is 21.5 Å². The van der Waals surface area contributed by atoms with Gasteiger partial charge in [0.05, 0.1) is 12.3 Å². The predicted molar refractivity (Wildman–Crippen MR) is 126 cm³/mol. The number of benzene rings is 1. The van der Waals surface area contributed by atoms with Crippen molar-refractivity contribution in [1.29, 1.82) is 0 Å². The number of rotatable bonds is 9. The summed E-state index contributed by atoms with van der Waals surface area (Å²) in [5, 5.41) is 8.95. The Balaban J connectivity index is 1.59. The van der Waals surface area contributed by atoms with Gasteiger partial charge in [0.2, 0.25) is 10.0 Å². The van der Waals surface area contributed by atoms with E-state index in [0.717, 1.165) is 37.6 Å². The van der Waals surface area contributed by atoms with Crippen LogP contribution >= 0.6 is 0 Å². The van der Waals surface area contributed by atoms with Crippen LogP contribution in [0.2, 0.25) is 0 Å². The van der Waals surface area contributed by atoms with E-state index >= 15 is 0 Å². The Morgan fingerprint density at radius 1 is 1.16 bits per heavy atom. The number of aliphatic hydroxyl groups excluding tert-OH is 1. The zero-order valence-corrected chi connectivity index (χ0v) is 19.3. The standard InChI is InChI=1S/C23H30N4O4S/c1-18-3-5-19(6-4-18)7-9-21(25-32(2,30)31)16-26-11-13-27(14-12-26)23-10-8-20(15-24-23)22(29)17-28/h3-10,15,21,25,28H,11-14,16-17H2,1-2H3/b9-7+. The molecule has 1 aromatic heterocycles. The first-order valence-electron chi connectivity index (χ1n) is 10.5. The van der Waals surface area contributed by atoms with Crippen molar-refractivity contribution < 1.29 is 18.3 Å². The minimum atomic E-state index is -3.35. The number of hydrogen-bond donors (Lipinski definition) is 2. The van der Waals surface area contributed by atoms with Gasteiger partial charge in [-0.05, 0) is 24.6 Å². The third-order valence-corrected chi connectivity index (χ3v) is 6.06. The molecule has 2 aromatic rings. The third-order valence-electron chi connectivity index (χ3n) is 5.33. The van der Waals surface area contributed by atoms with Gasteiger partial charge in [-0.15, -0.1) is 0 Å². The van der Waals surface area contributed by atoms with Crippen LogP contribution in [-0.4, -0.2) is 80.8 Å². The average molecular weight is 459 g/mol. The number of anilines is 1. The number of aliphatic hydroxyl groups is 1. The van der Waals surface area contributed by atoms with Gasteiger partial charge in [-0.2, -0.15) is 0 Å². The van der Waals surface area contributed by atoms with Crippen LogP contribution in [0.3, 0.4) is 0 Å². The van der Waals surface area contributed by atoms with E-state index in [9.17, 15) is 13.2 Å². The Hall–Kier alpha value is -2.59. The molecule has 1 aliphatic rings. The van der Waals surface area contributed by atoms with Crippen molar-refractivity contribution in [3.63, 3.8) is 0 Å². The Bertz CT molecular complexity index is 1030. The molecule has 0 spiro atoms. The number of sulfonamides is 1. The second-order valence-electron chi connectivity index (χ2n) is 8.04. The number of Topliss-reactive ketones (excluding diaryl/α,β-unsaturated/α-hetero) is 1. The first kappa shape index (κ1) is 24.1. The maximum atomic E-state index is 11.9. The predicted octanol–water partition coefficient (Wildman–Crippen LogP) is 1.32. The summed E-state index contributed by atoms with van der Waals surface area (Å²) in [7, 11) is -3.35. The molecule has 32 heavy (non-hydrogen) atoms. The maximum Gasteiger partial charge on any atom is 0.209 e. The molecule has 9 heteroatoms. The summed E-state index contributed by atoms with van der Waals surface area (Å²) in [5.41, 5.74) is 2.59. The van der Waals surface area contributed by atoms with Crippen molar-refractivity contribution in [2.24, 2.45) is 0 Å². The Kier molecular flexibility index (Phi) is 8.14. The van der Waals surface area contributed by atoms with Crippen LogP contribution < -0.4 is 9.62 Å². The maximum absolute atomic E-state index is 11.9. The van der Waals surface area contributed by atoms with E-state index in [-0.39, 0.29) is 11.8 Å². The number of pyridine rings is 1. The minimum Gasteiger partial charge on any atom is -0.388 e. The number of ketones is 1. The smallest absolute Gasteiger partial charge is 0.209 e. The van der Waals surface area contributed by atoms with Gasteiger partial charge >= 0.3 is 0 Å². The fraction of sp³-hybridized carbons (Fsp3) is 0.391. The van der Waals surface area contributed by atoms with Crippen molar-refractivity contribution >= 4 is 27.7 Å². The molecule has 0 amide bonds. The Morgan fingerprint density at radius 2 is 1.84 bits per heavy atom. The molecule has 0 saturated carbocycles.